The van der Waals surface area contributed by atoms with Crippen molar-refractivity contribution in [2.75, 3.05) is 44.2 Å². The van der Waals surface area contributed by atoms with Crippen LogP contribution in [0.25, 0.3) is 0 Å². The number of hydrogen-bond acceptors (Lipinski definition) is 5. The second-order valence-corrected chi connectivity index (χ2v) is 5.48. The Morgan fingerprint density at radius 1 is 1.25 bits per heavy atom. The average molecular weight is 299 g/mol. The first-order valence-electron chi connectivity index (χ1n) is 7.33. The minimum Gasteiger partial charge on any atom is -0.395 e. The lowest BCUT2D eigenvalue weighted by Gasteiger charge is -2.24. The first-order valence-corrected chi connectivity index (χ1v) is 7.71. The Morgan fingerprint density at radius 3 is 2.85 bits per heavy atom. The molecule has 0 unspecified atom stereocenters. The smallest absolute Gasteiger partial charge is 0.137 e. The van der Waals surface area contributed by atoms with E-state index >= 15 is 0 Å². The molecule has 0 amide bonds. The summed E-state index contributed by atoms with van der Waals surface area (Å²) in [5.41, 5.74) is 1.06. The highest BCUT2D eigenvalue weighted by atomic mass is 35.5. The van der Waals surface area contributed by atoms with Crippen LogP contribution < -0.4 is 4.90 Å². The van der Waals surface area contributed by atoms with Gasteiger partial charge < -0.3 is 10.0 Å². The standard InChI is InChI=1S/C14H23ClN4O/c1-2-4-12-13(15)16-11-17-14(12)19-6-3-5-18(7-8-19)9-10-20/h11,20H,2-10H2,1H3. The van der Waals surface area contributed by atoms with Crippen LogP contribution in [0, 0.1) is 0 Å². The molecule has 1 aliphatic heterocycles. The van der Waals surface area contributed by atoms with Gasteiger partial charge in [0.15, 0.2) is 0 Å². The summed E-state index contributed by atoms with van der Waals surface area (Å²) in [5, 5.41) is 9.63. The van der Waals surface area contributed by atoms with Crippen LogP contribution in [0.5, 0.6) is 0 Å². The largest absolute Gasteiger partial charge is 0.395 e. The molecule has 20 heavy (non-hydrogen) atoms. The fourth-order valence-corrected chi connectivity index (χ4v) is 2.89. The van der Waals surface area contributed by atoms with E-state index in [4.69, 9.17) is 16.7 Å². The summed E-state index contributed by atoms with van der Waals surface area (Å²) in [4.78, 5) is 13.2. The number of anilines is 1. The molecule has 1 aliphatic rings. The summed E-state index contributed by atoms with van der Waals surface area (Å²) in [5.74, 6) is 0.984. The lowest BCUT2D eigenvalue weighted by Crippen LogP contribution is -2.33. The number of β-amino-alcohol motifs (C(OH)–C–C–N with tert-alkyl or cyclic N) is 1. The third-order valence-corrected chi connectivity index (χ3v) is 4.00. The van der Waals surface area contributed by atoms with Crippen LogP contribution in [-0.2, 0) is 6.42 Å². The van der Waals surface area contributed by atoms with Crippen molar-refractivity contribution in [1.29, 1.82) is 0 Å². The van der Waals surface area contributed by atoms with E-state index < -0.39 is 0 Å². The first kappa shape index (κ1) is 15.5. The van der Waals surface area contributed by atoms with Crippen LogP contribution in [-0.4, -0.2) is 59.3 Å². The molecule has 0 aromatic carbocycles. The van der Waals surface area contributed by atoms with Crippen LogP contribution in [0.1, 0.15) is 25.3 Å². The molecule has 112 valence electrons. The lowest BCUT2D eigenvalue weighted by atomic mass is 10.1. The molecule has 1 aromatic heterocycles. The summed E-state index contributed by atoms with van der Waals surface area (Å²) in [7, 11) is 0. The molecule has 2 rings (SSSR count). The molecule has 6 heteroatoms. The number of hydrogen-bond donors (Lipinski definition) is 1. The maximum atomic E-state index is 9.05. The summed E-state index contributed by atoms with van der Waals surface area (Å²) < 4.78 is 0. The minimum atomic E-state index is 0.223. The Morgan fingerprint density at radius 2 is 2.10 bits per heavy atom. The van der Waals surface area contributed by atoms with Gasteiger partial charge in [-0.25, -0.2) is 9.97 Å². The van der Waals surface area contributed by atoms with Gasteiger partial charge in [-0.3, -0.25) is 4.90 Å². The van der Waals surface area contributed by atoms with Crippen molar-refractivity contribution < 1.29 is 5.11 Å². The summed E-state index contributed by atoms with van der Waals surface area (Å²) in [6, 6.07) is 0. The van der Waals surface area contributed by atoms with E-state index in [2.05, 4.69) is 26.7 Å². The third-order valence-electron chi connectivity index (χ3n) is 3.67. The van der Waals surface area contributed by atoms with Gasteiger partial charge in [0.2, 0.25) is 0 Å². The summed E-state index contributed by atoms with van der Waals surface area (Å²) in [6.45, 7) is 6.99. The summed E-state index contributed by atoms with van der Waals surface area (Å²) >= 11 is 6.23. The second-order valence-electron chi connectivity index (χ2n) is 5.12. The second kappa shape index (κ2) is 7.76. The van der Waals surface area contributed by atoms with Crippen molar-refractivity contribution >= 4 is 17.4 Å². The topological polar surface area (TPSA) is 52.5 Å². The molecular formula is C14H23ClN4O. The van der Waals surface area contributed by atoms with Gasteiger partial charge in [-0.1, -0.05) is 24.9 Å². The highest BCUT2D eigenvalue weighted by molar-refractivity contribution is 6.30. The molecule has 2 heterocycles. The Balaban J connectivity index is 2.13. The quantitative estimate of drug-likeness (QED) is 0.837. The van der Waals surface area contributed by atoms with Gasteiger partial charge in [0, 0.05) is 31.7 Å². The van der Waals surface area contributed by atoms with Crippen molar-refractivity contribution in [3.05, 3.63) is 17.0 Å². The van der Waals surface area contributed by atoms with Crippen LogP contribution in [0.3, 0.4) is 0 Å². The van der Waals surface area contributed by atoms with Crippen molar-refractivity contribution in [3.63, 3.8) is 0 Å². The number of aliphatic hydroxyl groups excluding tert-OH is 1. The van der Waals surface area contributed by atoms with Crippen LogP contribution in [0.15, 0.2) is 6.33 Å². The van der Waals surface area contributed by atoms with Crippen molar-refractivity contribution in [3.8, 4) is 0 Å². The van der Waals surface area contributed by atoms with Crippen LogP contribution >= 0.6 is 11.6 Å². The van der Waals surface area contributed by atoms with Crippen LogP contribution in [0.4, 0.5) is 5.82 Å². The number of rotatable bonds is 5. The van der Waals surface area contributed by atoms with Gasteiger partial charge in [-0.2, -0.15) is 0 Å². The molecule has 0 radical (unpaired) electrons. The molecule has 0 saturated carbocycles. The fourth-order valence-electron chi connectivity index (χ4n) is 2.67. The van der Waals surface area contributed by atoms with Gasteiger partial charge in [0.25, 0.3) is 0 Å². The Bertz CT molecular complexity index is 430. The van der Waals surface area contributed by atoms with Gasteiger partial charge in [-0.05, 0) is 19.4 Å². The van der Waals surface area contributed by atoms with Gasteiger partial charge >= 0.3 is 0 Å². The predicted octanol–water partition coefficient (Wildman–Crippen LogP) is 1.59. The van der Waals surface area contributed by atoms with Gasteiger partial charge in [0.05, 0.1) is 6.61 Å². The maximum absolute atomic E-state index is 9.05. The highest BCUT2D eigenvalue weighted by Gasteiger charge is 2.19. The van der Waals surface area contributed by atoms with E-state index in [1.807, 2.05) is 0 Å². The molecule has 1 N–H and O–H groups in total. The van der Waals surface area contributed by atoms with Crippen molar-refractivity contribution in [2.45, 2.75) is 26.2 Å². The van der Waals surface area contributed by atoms with E-state index in [9.17, 15) is 0 Å². The number of aromatic nitrogens is 2. The molecular weight excluding hydrogens is 276 g/mol. The normalized spacial score (nSPS) is 17.2. The van der Waals surface area contributed by atoms with E-state index in [0.717, 1.165) is 63.4 Å². The van der Waals surface area contributed by atoms with Crippen molar-refractivity contribution in [1.82, 2.24) is 14.9 Å². The van der Waals surface area contributed by atoms with Gasteiger partial charge in [0.1, 0.15) is 17.3 Å². The molecule has 1 fully saturated rings. The fraction of sp³-hybridized carbons (Fsp3) is 0.714. The zero-order valence-electron chi connectivity index (χ0n) is 12.1. The monoisotopic (exact) mass is 298 g/mol. The number of nitrogens with zero attached hydrogens (tertiary/aromatic N) is 4. The van der Waals surface area contributed by atoms with E-state index in [1.165, 1.54) is 0 Å². The SMILES string of the molecule is CCCc1c(Cl)ncnc1N1CCCN(CCO)CC1. The number of halogens is 1. The van der Waals surface area contributed by atoms with Crippen molar-refractivity contribution in [2.24, 2.45) is 0 Å². The zero-order valence-corrected chi connectivity index (χ0v) is 12.8. The molecule has 0 aliphatic carbocycles. The molecule has 1 saturated heterocycles. The molecule has 0 spiro atoms. The van der Waals surface area contributed by atoms with E-state index in [-0.39, 0.29) is 6.61 Å². The predicted molar refractivity (Wildman–Crippen MR) is 81.4 cm³/mol. The van der Waals surface area contributed by atoms with E-state index in [0.29, 0.717) is 5.15 Å². The Hall–Kier alpha value is -0.910. The number of aliphatic hydroxyl groups is 1. The minimum absolute atomic E-state index is 0.223. The highest BCUT2D eigenvalue weighted by Crippen LogP contribution is 2.25. The van der Waals surface area contributed by atoms with Crippen LogP contribution in [0.2, 0.25) is 5.15 Å². The molecule has 0 atom stereocenters. The van der Waals surface area contributed by atoms with E-state index in [1.54, 1.807) is 6.33 Å². The first-order chi connectivity index (χ1) is 9.76. The Labute approximate surface area is 125 Å². The molecule has 0 bridgehead atoms. The van der Waals surface area contributed by atoms with Gasteiger partial charge in [-0.15, -0.1) is 0 Å². The maximum Gasteiger partial charge on any atom is 0.137 e. The Kier molecular flexibility index (Phi) is 6.01. The molecule has 5 nitrogen and oxygen atoms in total. The third kappa shape index (κ3) is 3.81. The molecule has 1 aromatic rings. The zero-order chi connectivity index (χ0) is 14.4. The summed E-state index contributed by atoms with van der Waals surface area (Å²) in [6.07, 6.45) is 4.57. The average Bonchev–Trinajstić information content (AvgIpc) is 2.67. The lowest BCUT2D eigenvalue weighted by molar-refractivity contribution is 0.204.